The molecule has 0 radical (unpaired) electrons. The molecule has 0 saturated carbocycles. The molecular formula is C21H19ClFN3O4. The van der Waals surface area contributed by atoms with E-state index in [1.807, 2.05) is 0 Å². The lowest BCUT2D eigenvalue weighted by Gasteiger charge is -2.15. The first-order chi connectivity index (χ1) is 14.2. The highest BCUT2D eigenvalue weighted by atomic mass is 35.5. The van der Waals surface area contributed by atoms with Gasteiger partial charge in [0.25, 0.3) is 5.91 Å². The fourth-order valence-corrected chi connectivity index (χ4v) is 3.19. The molecule has 0 aliphatic rings. The van der Waals surface area contributed by atoms with Gasteiger partial charge in [0, 0.05) is 18.1 Å². The number of rotatable bonds is 6. The number of nitrogens with zero attached hydrogens (tertiary/aromatic N) is 2. The molecule has 0 spiro atoms. The third kappa shape index (κ3) is 4.60. The summed E-state index contributed by atoms with van der Waals surface area (Å²) in [7, 11) is 1.61. The summed E-state index contributed by atoms with van der Waals surface area (Å²) in [5.74, 6) is -1.76. The average molecular weight is 432 g/mol. The number of carbonyl (C=O) groups is 2. The molecule has 1 aromatic heterocycles. The van der Waals surface area contributed by atoms with E-state index in [1.54, 1.807) is 33.0 Å². The van der Waals surface area contributed by atoms with Crippen LogP contribution in [0, 0.1) is 12.7 Å². The number of amides is 1. The molecule has 9 heteroatoms. The van der Waals surface area contributed by atoms with Crippen LogP contribution < -0.4 is 10.1 Å². The summed E-state index contributed by atoms with van der Waals surface area (Å²) in [6.45, 7) is 3.43. The second kappa shape index (κ2) is 8.54. The van der Waals surface area contributed by atoms with Gasteiger partial charge in [0.1, 0.15) is 17.1 Å². The van der Waals surface area contributed by atoms with Crippen molar-refractivity contribution in [1.82, 2.24) is 15.1 Å². The van der Waals surface area contributed by atoms with Gasteiger partial charge in [-0.1, -0.05) is 23.7 Å². The fraction of sp³-hybridized carbons (Fsp3) is 0.190. The lowest BCUT2D eigenvalue weighted by atomic mass is 10.1. The largest absolute Gasteiger partial charge is 0.478 e. The van der Waals surface area contributed by atoms with Crippen LogP contribution in [0.3, 0.4) is 0 Å². The number of aromatic carboxylic acids is 1. The first kappa shape index (κ1) is 21.3. The normalized spacial score (nSPS) is 11.8. The molecule has 3 aromatic rings. The third-order valence-electron chi connectivity index (χ3n) is 4.45. The topological polar surface area (TPSA) is 93.5 Å². The molecule has 0 saturated heterocycles. The number of hydrogen-bond donors (Lipinski definition) is 2. The van der Waals surface area contributed by atoms with Gasteiger partial charge < -0.3 is 15.2 Å². The lowest BCUT2D eigenvalue weighted by Crippen LogP contribution is -2.27. The van der Waals surface area contributed by atoms with Crippen molar-refractivity contribution in [2.45, 2.75) is 19.9 Å². The highest BCUT2D eigenvalue weighted by Crippen LogP contribution is 2.30. The van der Waals surface area contributed by atoms with Crippen LogP contribution in [-0.2, 0) is 7.05 Å². The fourth-order valence-electron chi connectivity index (χ4n) is 2.98. The number of carboxylic acid groups (broad SMARTS) is 1. The van der Waals surface area contributed by atoms with Gasteiger partial charge >= 0.3 is 5.97 Å². The summed E-state index contributed by atoms with van der Waals surface area (Å²) in [4.78, 5) is 23.9. The van der Waals surface area contributed by atoms with E-state index < -0.39 is 23.7 Å². The van der Waals surface area contributed by atoms with Gasteiger partial charge in [0.05, 0.1) is 17.3 Å². The minimum atomic E-state index is -1.02. The summed E-state index contributed by atoms with van der Waals surface area (Å²) in [5, 5.41) is 16.2. The van der Waals surface area contributed by atoms with E-state index in [0.29, 0.717) is 5.69 Å². The Hall–Kier alpha value is -3.39. The summed E-state index contributed by atoms with van der Waals surface area (Å²) in [5.41, 5.74) is 1.52. The molecule has 30 heavy (non-hydrogen) atoms. The van der Waals surface area contributed by atoms with E-state index in [4.69, 9.17) is 21.4 Å². The molecule has 1 atom stereocenters. The van der Waals surface area contributed by atoms with Gasteiger partial charge in [-0.25, -0.2) is 13.9 Å². The zero-order chi connectivity index (χ0) is 22.0. The van der Waals surface area contributed by atoms with Crippen LogP contribution in [0.25, 0.3) is 0 Å². The predicted molar refractivity (Wildman–Crippen MR) is 109 cm³/mol. The smallest absolute Gasteiger partial charge is 0.335 e. The minimum Gasteiger partial charge on any atom is -0.478 e. The molecule has 0 fully saturated rings. The molecule has 7 nitrogen and oxygen atoms in total. The minimum absolute atomic E-state index is 0.134. The molecule has 2 N–H and O–H groups in total. The zero-order valence-corrected chi connectivity index (χ0v) is 17.2. The van der Waals surface area contributed by atoms with E-state index in [2.05, 4.69) is 10.4 Å². The van der Waals surface area contributed by atoms with Crippen molar-refractivity contribution in [1.29, 1.82) is 0 Å². The predicted octanol–water partition coefficient (Wildman–Crippen LogP) is 4.50. The Kier molecular flexibility index (Phi) is 6.07. The van der Waals surface area contributed by atoms with Gasteiger partial charge in [0.15, 0.2) is 0 Å². The standard InChI is InChI=1S/C21H19ClFN3O4/c1-11(13-4-6-14(7-5-13)21(28)29)24-19(27)18-12(2)25-26(3)20(18)30-17-9-15(22)8-16(23)10-17/h4-11H,1-3H3,(H,24,27)(H,28,29). The van der Waals surface area contributed by atoms with E-state index >= 15 is 0 Å². The van der Waals surface area contributed by atoms with E-state index in [1.165, 1.54) is 22.9 Å². The maximum absolute atomic E-state index is 13.6. The summed E-state index contributed by atoms with van der Waals surface area (Å²) in [6.07, 6.45) is 0. The number of nitrogens with one attached hydrogen (secondary N) is 1. The number of carbonyl (C=O) groups excluding carboxylic acids is 1. The van der Waals surface area contributed by atoms with E-state index in [9.17, 15) is 14.0 Å². The van der Waals surface area contributed by atoms with Gasteiger partial charge in [0.2, 0.25) is 5.88 Å². The van der Waals surface area contributed by atoms with Crippen LogP contribution in [0.15, 0.2) is 42.5 Å². The van der Waals surface area contributed by atoms with Crippen molar-refractivity contribution in [3.8, 4) is 11.6 Å². The highest BCUT2D eigenvalue weighted by molar-refractivity contribution is 6.30. The Bertz CT molecular complexity index is 1090. The number of hydrogen-bond acceptors (Lipinski definition) is 4. The quantitative estimate of drug-likeness (QED) is 0.599. The Morgan fingerprint density at radius 2 is 1.90 bits per heavy atom. The van der Waals surface area contributed by atoms with Crippen LogP contribution in [-0.4, -0.2) is 26.8 Å². The van der Waals surface area contributed by atoms with E-state index in [0.717, 1.165) is 17.7 Å². The van der Waals surface area contributed by atoms with Crippen molar-refractivity contribution in [2.24, 2.45) is 7.05 Å². The van der Waals surface area contributed by atoms with Gasteiger partial charge in [-0.3, -0.25) is 4.79 Å². The van der Waals surface area contributed by atoms with Gasteiger partial charge in [-0.15, -0.1) is 0 Å². The lowest BCUT2D eigenvalue weighted by molar-refractivity contribution is 0.0696. The summed E-state index contributed by atoms with van der Waals surface area (Å²) < 4.78 is 20.7. The molecule has 156 valence electrons. The maximum atomic E-state index is 13.6. The Labute approximate surface area is 177 Å². The number of carboxylic acids is 1. The highest BCUT2D eigenvalue weighted by Gasteiger charge is 2.24. The first-order valence-electron chi connectivity index (χ1n) is 8.97. The van der Waals surface area contributed by atoms with Crippen LogP contribution in [0.2, 0.25) is 5.02 Å². The van der Waals surface area contributed by atoms with Crippen LogP contribution in [0.1, 0.15) is 44.9 Å². The van der Waals surface area contributed by atoms with Crippen LogP contribution in [0.5, 0.6) is 11.6 Å². The van der Waals surface area contributed by atoms with Crippen molar-refractivity contribution >= 4 is 23.5 Å². The first-order valence-corrected chi connectivity index (χ1v) is 9.35. The zero-order valence-electron chi connectivity index (χ0n) is 16.4. The third-order valence-corrected chi connectivity index (χ3v) is 4.67. The van der Waals surface area contributed by atoms with Gasteiger partial charge in [-0.05, 0) is 43.7 Å². The molecule has 0 aliphatic carbocycles. The Balaban J connectivity index is 1.84. The molecule has 0 aliphatic heterocycles. The number of ether oxygens (including phenoxy) is 1. The molecule has 0 bridgehead atoms. The number of halogens is 2. The monoisotopic (exact) mass is 431 g/mol. The summed E-state index contributed by atoms with van der Waals surface area (Å²) in [6, 6.07) is 9.54. The molecular weight excluding hydrogens is 413 g/mol. The van der Waals surface area contributed by atoms with Crippen molar-refractivity contribution in [3.05, 3.63) is 75.7 Å². The Morgan fingerprint density at radius 3 is 2.50 bits per heavy atom. The number of aromatic nitrogens is 2. The summed E-state index contributed by atoms with van der Waals surface area (Å²) >= 11 is 5.87. The second-order valence-electron chi connectivity index (χ2n) is 6.72. The molecule has 1 unspecified atom stereocenters. The number of benzene rings is 2. The molecule has 3 rings (SSSR count). The average Bonchev–Trinajstić information content (AvgIpc) is 2.94. The maximum Gasteiger partial charge on any atom is 0.335 e. The molecule has 1 heterocycles. The van der Waals surface area contributed by atoms with Crippen LogP contribution >= 0.6 is 11.6 Å². The SMILES string of the molecule is Cc1nn(C)c(Oc2cc(F)cc(Cl)c2)c1C(=O)NC(C)c1ccc(C(=O)O)cc1. The Morgan fingerprint density at radius 1 is 1.23 bits per heavy atom. The second-order valence-corrected chi connectivity index (χ2v) is 7.16. The molecule has 1 amide bonds. The van der Waals surface area contributed by atoms with Gasteiger partial charge in [-0.2, -0.15) is 5.10 Å². The number of aryl methyl sites for hydroxylation is 2. The molecule has 2 aromatic carbocycles. The van der Waals surface area contributed by atoms with Crippen LogP contribution in [0.4, 0.5) is 4.39 Å². The van der Waals surface area contributed by atoms with Crippen molar-refractivity contribution in [2.75, 3.05) is 0 Å². The van der Waals surface area contributed by atoms with Crippen molar-refractivity contribution in [3.63, 3.8) is 0 Å². The van der Waals surface area contributed by atoms with Crippen molar-refractivity contribution < 1.29 is 23.8 Å². The van der Waals surface area contributed by atoms with E-state index in [-0.39, 0.29) is 27.8 Å².